The molecule has 1 aliphatic rings. The maximum Gasteiger partial charge on any atom is 0.131 e. The van der Waals surface area contributed by atoms with Gasteiger partial charge in [0, 0.05) is 31.7 Å². The maximum atomic E-state index is 6.06. The van der Waals surface area contributed by atoms with Crippen LogP contribution >= 0.6 is 11.6 Å². The molecule has 1 aromatic rings. The number of piperidine rings is 1. The quantitative estimate of drug-likeness (QED) is 0.786. The van der Waals surface area contributed by atoms with E-state index < -0.39 is 0 Å². The van der Waals surface area contributed by atoms with Crippen LogP contribution in [0.5, 0.6) is 0 Å². The van der Waals surface area contributed by atoms with E-state index in [1.807, 2.05) is 18.7 Å². The van der Waals surface area contributed by atoms with E-state index in [4.69, 9.17) is 11.6 Å². The molecule has 102 valence electrons. The summed E-state index contributed by atoms with van der Waals surface area (Å²) in [5, 5.41) is 4.49. The number of hydrogen-bond donors (Lipinski definition) is 0. The molecule has 0 N–H and O–H groups in total. The zero-order valence-electron chi connectivity index (χ0n) is 11.8. The Hall–Kier alpha value is -0.740. The lowest BCUT2D eigenvalue weighted by Crippen LogP contribution is -2.42. The van der Waals surface area contributed by atoms with Crippen molar-refractivity contribution >= 4 is 17.4 Å². The second-order valence-corrected chi connectivity index (χ2v) is 5.59. The minimum atomic E-state index is 0.544. The van der Waals surface area contributed by atoms with Crippen molar-refractivity contribution in [3.05, 3.63) is 11.3 Å². The summed E-state index contributed by atoms with van der Waals surface area (Å²) in [5.74, 6) is 1.75. The van der Waals surface area contributed by atoms with Crippen LogP contribution in [0.15, 0.2) is 0 Å². The van der Waals surface area contributed by atoms with Gasteiger partial charge in [-0.05, 0) is 33.9 Å². The summed E-state index contributed by atoms with van der Waals surface area (Å²) in [6.45, 7) is 4.21. The van der Waals surface area contributed by atoms with Crippen LogP contribution in [0.1, 0.15) is 24.1 Å². The highest BCUT2D eigenvalue weighted by Crippen LogP contribution is 2.28. The van der Waals surface area contributed by atoms with Crippen molar-refractivity contribution in [2.75, 3.05) is 32.1 Å². The van der Waals surface area contributed by atoms with Crippen LogP contribution < -0.4 is 4.90 Å². The molecule has 1 saturated heterocycles. The molecule has 5 heteroatoms. The molecule has 0 atom stereocenters. The lowest BCUT2D eigenvalue weighted by Gasteiger charge is -2.36. The van der Waals surface area contributed by atoms with Gasteiger partial charge in [-0.25, -0.2) is 0 Å². The second-order valence-electron chi connectivity index (χ2n) is 5.33. The normalized spacial score (nSPS) is 17.8. The van der Waals surface area contributed by atoms with Gasteiger partial charge in [0.25, 0.3) is 0 Å². The number of aryl methyl sites for hydroxylation is 2. The number of anilines is 1. The fraction of sp³-hybridized carbons (Fsp3) is 0.769. The average Bonchev–Trinajstić information content (AvgIpc) is 2.63. The standard InChI is InChI=1S/C13H23ClN4/c1-10-12(9-14)13(17(4)15-10)18-7-5-11(6-8-18)16(2)3/h11H,5-9H2,1-4H3. The van der Waals surface area contributed by atoms with Crippen LogP contribution in [-0.4, -0.2) is 47.9 Å². The Balaban J connectivity index is 2.14. The fourth-order valence-electron chi connectivity index (χ4n) is 2.84. The first kappa shape index (κ1) is 13.7. The number of rotatable bonds is 3. The van der Waals surface area contributed by atoms with E-state index in [1.54, 1.807) is 0 Å². The number of hydrogen-bond acceptors (Lipinski definition) is 3. The van der Waals surface area contributed by atoms with Crippen molar-refractivity contribution in [1.29, 1.82) is 0 Å². The van der Waals surface area contributed by atoms with Crippen LogP contribution in [0.3, 0.4) is 0 Å². The molecule has 1 aliphatic heterocycles. The van der Waals surface area contributed by atoms with Gasteiger partial charge in [-0.15, -0.1) is 11.6 Å². The van der Waals surface area contributed by atoms with Crippen LogP contribution in [-0.2, 0) is 12.9 Å². The molecular formula is C13H23ClN4. The molecule has 0 aromatic carbocycles. The SMILES string of the molecule is Cc1nn(C)c(N2CCC(N(C)C)CC2)c1CCl. The van der Waals surface area contributed by atoms with Crippen molar-refractivity contribution in [1.82, 2.24) is 14.7 Å². The predicted octanol–water partition coefficient (Wildman–Crippen LogP) is 2.00. The third kappa shape index (κ3) is 2.50. The summed E-state index contributed by atoms with van der Waals surface area (Å²) in [4.78, 5) is 4.76. The lowest BCUT2D eigenvalue weighted by molar-refractivity contribution is 0.249. The predicted molar refractivity (Wildman–Crippen MR) is 76.4 cm³/mol. The summed E-state index contributed by atoms with van der Waals surface area (Å²) < 4.78 is 1.98. The van der Waals surface area contributed by atoms with Gasteiger partial charge in [0.15, 0.2) is 0 Å². The summed E-state index contributed by atoms with van der Waals surface area (Å²) in [5.41, 5.74) is 2.24. The largest absolute Gasteiger partial charge is 0.356 e. The minimum absolute atomic E-state index is 0.544. The van der Waals surface area contributed by atoms with Crippen molar-refractivity contribution in [3.63, 3.8) is 0 Å². The van der Waals surface area contributed by atoms with E-state index in [9.17, 15) is 0 Å². The first-order chi connectivity index (χ1) is 8.54. The molecule has 2 rings (SSSR count). The van der Waals surface area contributed by atoms with Crippen LogP contribution in [0.25, 0.3) is 0 Å². The molecular weight excluding hydrogens is 248 g/mol. The van der Waals surface area contributed by atoms with Crippen molar-refractivity contribution in [3.8, 4) is 0 Å². The monoisotopic (exact) mass is 270 g/mol. The molecule has 2 heterocycles. The van der Waals surface area contributed by atoms with Gasteiger partial charge < -0.3 is 9.80 Å². The summed E-state index contributed by atoms with van der Waals surface area (Å²) in [7, 11) is 6.34. The highest BCUT2D eigenvalue weighted by molar-refractivity contribution is 6.17. The zero-order valence-corrected chi connectivity index (χ0v) is 12.5. The molecule has 1 fully saturated rings. The number of halogens is 1. The second kappa shape index (κ2) is 5.49. The fourth-order valence-corrected chi connectivity index (χ4v) is 3.15. The van der Waals surface area contributed by atoms with E-state index in [0.29, 0.717) is 11.9 Å². The van der Waals surface area contributed by atoms with Gasteiger partial charge >= 0.3 is 0 Å². The van der Waals surface area contributed by atoms with Gasteiger partial charge in [0.1, 0.15) is 5.82 Å². The van der Waals surface area contributed by atoms with Crippen molar-refractivity contribution < 1.29 is 0 Å². The van der Waals surface area contributed by atoms with Gasteiger partial charge in [-0.1, -0.05) is 0 Å². The summed E-state index contributed by atoms with van der Waals surface area (Å²) in [6, 6.07) is 0.704. The molecule has 0 radical (unpaired) electrons. The Morgan fingerprint density at radius 2 is 1.94 bits per heavy atom. The van der Waals surface area contributed by atoms with Crippen LogP contribution in [0, 0.1) is 6.92 Å². The average molecular weight is 271 g/mol. The topological polar surface area (TPSA) is 24.3 Å². The number of alkyl halides is 1. The van der Waals surface area contributed by atoms with Crippen molar-refractivity contribution in [2.45, 2.75) is 31.7 Å². The molecule has 0 saturated carbocycles. The Kier molecular flexibility index (Phi) is 4.17. The zero-order chi connectivity index (χ0) is 13.3. The third-order valence-corrected chi connectivity index (χ3v) is 4.21. The molecule has 0 amide bonds. The molecule has 0 aliphatic carbocycles. The molecule has 4 nitrogen and oxygen atoms in total. The van der Waals surface area contributed by atoms with Crippen LogP contribution in [0.2, 0.25) is 0 Å². The maximum absolute atomic E-state index is 6.06. The first-order valence-electron chi connectivity index (χ1n) is 6.54. The lowest BCUT2D eigenvalue weighted by atomic mass is 10.0. The molecule has 1 aromatic heterocycles. The Morgan fingerprint density at radius 3 is 2.44 bits per heavy atom. The van der Waals surface area contributed by atoms with Gasteiger partial charge in [0.2, 0.25) is 0 Å². The van der Waals surface area contributed by atoms with E-state index >= 15 is 0 Å². The van der Waals surface area contributed by atoms with E-state index in [1.165, 1.54) is 24.2 Å². The Bertz CT molecular complexity index is 405. The van der Waals surface area contributed by atoms with E-state index in [0.717, 1.165) is 18.8 Å². The van der Waals surface area contributed by atoms with Gasteiger partial charge in [0.05, 0.1) is 11.6 Å². The first-order valence-corrected chi connectivity index (χ1v) is 7.07. The minimum Gasteiger partial charge on any atom is -0.356 e. The van der Waals surface area contributed by atoms with Crippen LogP contribution in [0.4, 0.5) is 5.82 Å². The van der Waals surface area contributed by atoms with Gasteiger partial charge in [-0.2, -0.15) is 5.10 Å². The third-order valence-electron chi connectivity index (χ3n) is 3.94. The smallest absolute Gasteiger partial charge is 0.131 e. The molecule has 0 spiro atoms. The van der Waals surface area contributed by atoms with Crippen molar-refractivity contribution in [2.24, 2.45) is 7.05 Å². The Labute approximate surface area is 115 Å². The molecule has 0 bridgehead atoms. The number of nitrogens with zero attached hydrogens (tertiary/aromatic N) is 4. The van der Waals surface area contributed by atoms with E-state index in [-0.39, 0.29) is 0 Å². The summed E-state index contributed by atoms with van der Waals surface area (Å²) >= 11 is 6.06. The molecule has 18 heavy (non-hydrogen) atoms. The summed E-state index contributed by atoms with van der Waals surface area (Å²) in [6.07, 6.45) is 2.41. The highest BCUT2D eigenvalue weighted by atomic mass is 35.5. The van der Waals surface area contributed by atoms with E-state index in [2.05, 4.69) is 29.0 Å². The highest BCUT2D eigenvalue weighted by Gasteiger charge is 2.25. The molecule has 0 unspecified atom stereocenters. The number of aromatic nitrogens is 2. The van der Waals surface area contributed by atoms with Gasteiger partial charge in [-0.3, -0.25) is 4.68 Å². The Morgan fingerprint density at radius 1 is 1.33 bits per heavy atom.